The van der Waals surface area contributed by atoms with E-state index in [1.807, 2.05) is 0 Å². The number of carbonyl (C=O) groups excluding carboxylic acids is 1. The Morgan fingerprint density at radius 1 is 1.23 bits per heavy atom. The number of aryl methyl sites for hydroxylation is 1. The van der Waals surface area contributed by atoms with Crippen molar-refractivity contribution in [2.45, 2.75) is 26.6 Å². The molecule has 0 spiro atoms. The number of benzene rings is 1. The lowest BCUT2D eigenvalue weighted by Gasteiger charge is -2.14. The molecule has 2 rings (SSSR count). The number of hydrogen-bond donors (Lipinski definition) is 0. The zero-order valence-electron chi connectivity index (χ0n) is 15.9. The van der Waals surface area contributed by atoms with Crippen molar-refractivity contribution in [2.75, 3.05) is 14.2 Å². The van der Waals surface area contributed by atoms with Crippen LogP contribution in [0.5, 0.6) is 5.75 Å². The fourth-order valence-electron chi connectivity index (χ4n) is 2.37. The van der Waals surface area contributed by atoms with E-state index in [2.05, 4.69) is 36.1 Å². The van der Waals surface area contributed by atoms with Crippen molar-refractivity contribution in [3.05, 3.63) is 47.0 Å². The Morgan fingerprint density at radius 3 is 2.50 bits per heavy atom. The van der Waals surface area contributed by atoms with Gasteiger partial charge in [0.05, 0.1) is 30.9 Å². The predicted molar refractivity (Wildman–Crippen MR) is 102 cm³/mol. The summed E-state index contributed by atoms with van der Waals surface area (Å²) in [4.78, 5) is 16.2. The van der Waals surface area contributed by atoms with Gasteiger partial charge in [-0.1, -0.05) is 25.6 Å². The maximum absolute atomic E-state index is 15.3. The van der Waals surface area contributed by atoms with E-state index in [9.17, 15) is 4.79 Å². The van der Waals surface area contributed by atoms with Gasteiger partial charge in [-0.25, -0.2) is 9.18 Å². The van der Waals surface area contributed by atoms with E-state index >= 15 is 4.39 Å². The maximum atomic E-state index is 15.3. The summed E-state index contributed by atoms with van der Waals surface area (Å²) < 4.78 is 25.5. The maximum Gasteiger partial charge on any atom is 0.340 e. The molecule has 0 N–H and O–H groups in total. The van der Waals surface area contributed by atoms with E-state index in [1.165, 1.54) is 20.4 Å². The molecule has 136 valence electrons. The summed E-state index contributed by atoms with van der Waals surface area (Å²) in [5.41, 5.74) is 4.80. The van der Waals surface area contributed by atoms with Gasteiger partial charge < -0.3 is 9.47 Å². The summed E-state index contributed by atoms with van der Waals surface area (Å²) in [6, 6.07) is 4.89. The van der Waals surface area contributed by atoms with Crippen molar-refractivity contribution in [2.24, 2.45) is 0 Å². The van der Waals surface area contributed by atoms with E-state index in [0.717, 1.165) is 0 Å². The molecule has 0 saturated carbocycles. The Bertz CT molecular complexity index is 908. The smallest absolute Gasteiger partial charge is 0.340 e. The molecular formula is C20H22FNO3Si. The summed E-state index contributed by atoms with van der Waals surface area (Å²) in [7, 11) is 1.06. The summed E-state index contributed by atoms with van der Waals surface area (Å²) in [5.74, 6) is 2.14. The molecule has 0 aliphatic heterocycles. The normalized spacial score (nSPS) is 10.7. The highest BCUT2D eigenvalue weighted by Gasteiger charge is 2.22. The zero-order valence-corrected chi connectivity index (χ0v) is 16.9. The second kappa shape index (κ2) is 7.71. The molecule has 0 saturated heterocycles. The molecule has 2 aromatic rings. The van der Waals surface area contributed by atoms with Gasteiger partial charge in [0.25, 0.3) is 0 Å². The van der Waals surface area contributed by atoms with Crippen LogP contribution in [0.3, 0.4) is 0 Å². The van der Waals surface area contributed by atoms with Crippen LogP contribution < -0.4 is 4.74 Å². The molecule has 0 unspecified atom stereocenters. The minimum atomic E-state index is -1.67. The van der Waals surface area contributed by atoms with Crippen LogP contribution in [-0.2, 0) is 4.74 Å². The fraction of sp³-hybridized carbons (Fsp3) is 0.300. The van der Waals surface area contributed by atoms with Crippen LogP contribution in [0.4, 0.5) is 4.39 Å². The first-order chi connectivity index (χ1) is 12.2. The average Bonchev–Trinajstić information content (AvgIpc) is 2.58. The van der Waals surface area contributed by atoms with Gasteiger partial charge >= 0.3 is 5.97 Å². The highest BCUT2D eigenvalue weighted by atomic mass is 28.3. The van der Waals surface area contributed by atoms with Crippen LogP contribution in [0.15, 0.2) is 24.4 Å². The summed E-state index contributed by atoms with van der Waals surface area (Å²) in [5, 5.41) is 0. The molecule has 6 heteroatoms. The lowest BCUT2D eigenvalue weighted by molar-refractivity contribution is 0.0601. The third kappa shape index (κ3) is 4.30. The summed E-state index contributed by atoms with van der Waals surface area (Å²) >= 11 is 0. The molecule has 0 atom stereocenters. The van der Waals surface area contributed by atoms with E-state index in [0.29, 0.717) is 17.0 Å². The topological polar surface area (TPSA) is 48.4 Å². The zero-order chi connectivity index (χ0) is 19.5. The minimum Gasteiger partial charge on any atom is -0.496 e. The van der Waals surface area contributed by atoms with Crippen molar-refractivity contribution in [3.8, 4) is 28.3 Å². The third-order valence-electron chi connectivity index (χ3n) is 3.61. The van der Waals surface area contributed by atoms with Crippen molar-refractivity contribution in [3.63, 3.8) is 0 Å². The monoisotopic (exact) mass is 371 g/mol. The molecule has 0 bridgehead atoms. The Labute approximate surface area is 154 Å². The fourth-order valence-corrected chi connectivity index (χ4v) is 2.88. The van der Waals surface area contributed by atoms with Crippen LogP contribution in [0, 0.1) is 24.2 Å². The number of rotatable bonds is 3. The Kier molecular flexibility index (Phi) is 5.83. The Morgan fingerprint density at radius 2 is 1.92 bits per heavy atom. The van der Waals surface area contributed by atoms with Gasteiger partial charge in [-0.3, -0.25) is 4.98 Å². The van der Waals surface area contributed by atoms with E-state index in [-0.39, 0.29) is 16.7 Å². The number of hydrogen-bond acceptors (Lipinski definition) is 4. The number of pyridine rings is 1. The van der Waals surface area contributed by atoms with Gasteiger partial charge in [-0.2, -0.15) is 0 Å². The highest BCUT2D eigenvalue weighted by Crippen LogP contribution is 2.36. The quantitative estimate of drug-likeness (QED) is 0.460. The first-order valence-corrected chi connectivity index (χ1v) is 11.6. The van der Waals surface area contributed by atoms with Crippen LogP contribution in [-0.4, -0.2) is 33.2 Å². The van der Waals surface area contributed by atoms with Crippen molar-refractivity contribution < 1.29 is 18.7 Å². The van der Waals surface area contributed by atoms with E-state index in [1.54, 1.807) is 25.1 Å². The Balaban J connectivity index is 2.78. The molecule has 0 radical (unpaired) electrons. The van der Waals surface area contributed by atoms with E-state index in [4.69, 9.17) is 9.47 Å². The molecule has 26 heavy (non-hydrogen) atoms. The first-order valence-electron chi connectivity index (χ1n) is 8.13. The number of esters is 1. The summed E-state index contributed by atoms with van der Waals surface area (Å²) in [6.07, 6.45) is 1.38. The van der Waals surface area contributed by atoms with Gasteiger partial charge in [-0.05, 0) is 25.1 Å². The largest absolute Gasteiger partial charge is 0.496 e. The highest BCUT2D eigenvalue weighted by molar-refractivity contribution is 6.83. The van der Waals surface area contributed by atoms with Gasteiger partial charge in [0.15, 0.2) is 0 Å². The predicted octanol–water partition coefficient (Wildman–Crippen LogP) is 4.22. The third-order valence-corrected chi connectivity index (χ3v) is 4.49. The molecule has 0 fully saturated rings. The standard InChI is InChI=1S/C20H22FNO3Si/c1-13-11-15(16(12-22-13)20(23)25-3)18-17(24-2)8-7-14(19(18)21)9-10-26(4,5)6/h7-8,11-12H,1-6H3. The van der Waals surface area contributed by atoms with E-state index < -0.39 is 19.9 Å². The lowest BCUT2D eigenvalue weighted by atomic mass is 9.97. The van der Waals surface area contributed by atoms with Gasteiger partial charge in [0, 0.05) is 17.5 Å². The summed E-state index contributed by atoms with van der Waals surface area (Å²) in [6.45, 7) is 8.03. The average molecular weight is 371 g/mol. The second-order valence-electron chi connectivity index (χ2n) is 6.87. The second-order valence-corrected chi connectivity index (χ2v) is 11.6. The Hall–Kier alpha value is -2.65. The number of methoxy groups -OCH3 is 2. The van der Waals surface area contributed by atoms with Crippen molar-refractivity contribution in [1.82, 2.24) is 4.98 Å². The number of carbonyl (C=O) groups is 1. The van der Waals surface area contributed by atoms with Crippen LogP contribution in [0.25, 0.3) is 11.1 Å². The van der Waals surface area contributed by atoms with Crippen molar-refractivity contribution >= 4 is 14.0 Å². The molecule has 4 nitrogen and oxygen atoms in total. The van der Waals surface area contributed by atoms with Gasteiger partial charge in [0.1, 0.15) is 19.6 Å². The van der Waals surface area contributed by atoms with Crippen LogP contribution in [0.2, 0.25) is 19.6 Å². The molecule has 0 aliphatic rings. The van der Waals surface area contributed by atoms with Gasteiger partial charge in [-0.15, -0.1) is 5.54 Å². The van der Waals surface area contributed by atoms with Gasteiger partial charge in [0.2, 0.25) is 0 Å². The number of halogens is 1. The number of aromatic nitrogens is 1. The lowest BCUT2D eigenvalue weighted by Crippen LogP contribution is -2.16. The SMILES string of the molecule is COC(=O)c1cnc(C)cc1-c1c(OC)ccc(C#C[Si](C)(C)C)c1F. The minimum absolute atomic E-state index is 0.172. The van der Waals surface area contributed by atoms with Crippen LogP contribution >= 0.6 is 0 Å². The molecule has 1 aromatic heterocycles. The van der Waals surface area contributed by atoms with Crippen LogP contribution in [0.1, 0.15) is 21.6 Å². The molecule has 0 amide bonds. The molecule has 1 aromatic carbocycles. The number of nitrogens with zero attached hydrogens (tertiary/aromatic N) is 1. The first kappa shape index (κ1) is 19.7. The number of ether oxygens (including phenoxy) is 2. The van der Waals surface area contributed by atoms with Crippen molar-refractivity contribution in [1.29, 1.82) is 0 Å². The molecule has 0 aliphatic carbocycles. The molecular weight excluding hydrogens is 349 g/mol. The molecule has 1 heterocycles.